The summed E-state index contributed by atoms with van der Waals surface area (Å²) in [5.41, 5.74) is 1.75. The van der Waals surface area contributed by atoms with E-state index in [1.165, 1.54) is 0 Å². The lowest BCUT2D eigenvalue weighted by Crippen LogP contribution is -2.24. The molecule has 0 saturated carbocycles. The van der Waals surface area contributed by atoms with Crippen LogP contribution in [-0.2, 0) is 20.9 Å². The third kappa shape index (κ3) is 3.59. The van der Waals surface area contributed by atoms with Crippen LogP contribution in [0.2, 0.25) is 0 Å². The first-order chi connectivity index (χ1) is 10.8. The Balaban J connectivity index is 1.67. The number of aromatic amines is 1. The van der Waals surface area contributed by atoms with Crippen molar-refractivity contribution in [1.29, 1.82) is 0 Å². The van der Waals surface area contributed by atoms with Gasteiger partial charge in [-0.3, -0.25) is 9.89 Å². The SMILES string of the molecule is O=C1OCCC1C(COCc1ccccc1)=Nc1ccn[nH]1. The van der Waals surface area contributed by atoms with E-state index >= 15 is 0 Å². The molecule has 0 aliphatic carbocycles. The summed E-state index contributed by atoms with van der Waals surface area (Å²) < 4.78 is 10.7. The lowest BCUT2D eigenvalue weighted by molar-refractivity contribution is -0.139. The first kappa shape index (κ1) is 14.5. The molecule has 1 saturated heterocycles. The van der Waals surface area contributed by atoms with Gasteiger partial charge in [-0.1, -0.05) is 30.3 Å². The number of carbonyl (C=O) groups is 1. The maximum Gasteiger partial charge on any atom is 0.314 e. The van der Waals surface area contributed by atoms with Crippen LogP contribution in [0.15, 0.2) is 47.6 Å². The number of cyclic esters (lactones) is 1. The van der Waals surface area contributed by atoms with Crippen LogP contribution in [0.25, 0.3) is 0 Å². The van der Waals surface area contributed by atoms with E-state index in [9.17, 15) is 4.79 Å². The molecular formula is C16H17N3O3. The standard InChI is InChI=1S/C16H17N3O3/c20-16-13(7-9-22-16)14(18-15-6-8-17-19-15)11-21-10-12-4-2-1-3-5-12/h1-6,8,13H,7,9-11H2,(H,17,19). The van der Waals surface area contributed by atoms with Crippen LogP contribution in [0.4, 0.5) is 5.82 Å². The molecule has 1 atom stereocenters. The Morgan fingerprint density at radius 3 is 2.91 bits per heavy atom. The Bertz CT molecular complexity index is 638. The zero-order chi connectivity index (χ0) is 15.2. The molecule has 3 rings (SSSR count). The monoisotopic (exact) mass is 299 g/mol. The number of carbonyl (C=O) groups excluding carboxylic acids is 1. The highest BCUT2D eigenvalue weighted by molar-refractivity contribution is 6.04. The molecule has 6 heteroatoms. The fourth-order valence-electron chi connectivity index (χ4n) is 2.32. The van der Waals surface area contributed by atoms with E-state index in [2.05, 4.69) is 15.2 Å². The van der Waals surface area contributed by atoms with E-state index in [4.69, 9.17) is 9.47 Å². The summed E-state index contributed by atoms with van der Waals surface area (Å²) in [7, 11) is 0. The lowest BCUT2D eigenvalue weighted by Gasteiger charge is -2.11. The van der Waals surface area contributed by atoms with E-state index in [0.29, 0.717) is 31.2 Å². The van der Waals surface area contributed by atoms with Gasteiger partial charge in [0.25, 0.3) is 0 Å². The van der Waals surface area contributed by atoms with Gasteiger partial charge in [0, 0.05) is 12.5 Å². The predicted octanol–water partition coefficient (Wildman–Crippen LogP) is 2.26. The minimum absolute atomic E-state index is 0.235. The minimum Gasteiger partial charge on any atom is -0.465 e. The van der Waals surface area contributed by atoms with Gasteiger partial charge >= 0.3 is 5.97 Å². The molecule has 0 amide bonds. The molecule has 1 aliphatic rings. The number of H-pyrrole nitrogens is 1. The molecule has 6 nitrogen and oxygen atoms in total. The van der Waals surface area contributed by atoms with Crippen molar-refractivity contribution >= 4 is 17.5 Å². The second kappa shape index (κ2) is 7.00. The van der Waals surface area contributed by atoms with Gasteiger partial charge in [-0.15, -0.1) is 0 Å². The Hall–Kier alpha value is -2.47. The smallest absolute Gasteiger partial charge is 0.314 e. The Morgan fingerprint density at radius 2 is 2.23 bits per heavy atom. The van der Waals surface area contributed by atoms with Crippen molar-refractivity contribution in [3.8, 4) is 0 Å². The number of esters is 1. The Morgan fingerprint density at radius 1 is 1.36 bits per heavy atom. The van der Waals surface area contributed by atoms with Gasteiger partial charge in [0.05, 0.1) is 31.7 Å². The van der Waals surface area contributed by atoms with Gasteiger partial charge < -0.3 is 9.47 Å². The van der Waals surface area contributed by atoms with Gasteiger partial charge in [-0.2, -0.15) is 5.10 Å². The van der Waals surface area contributed by atoms with Gasteiger partial charge in [0.2, 0.25) is 0 Å². The quantitative estimate of drug-likeness (QED) is 0.655. The van der Waals surface area contributed by atoms with Gasteiger partial charge in [-0.05, 0) is 5.56 Å². The number of hydrogen-bond acceptors (Lipinski definition) is 5. The first-order valence-corrected chi connectivity index (χ1v) is 7.18. The van der Waals surface area contributed by atoms with Crippen molar-refractivity contribution in [2.45, 2.75) is 13.0 Å². The fourth-order valence-corrected chi connectivity index (χ4v) is 2.32. The van der Waals surface area contributed by atoms with Crippen molar-refractivity contribution in [3.63, 3.8) is 0 Å². The summed E-state index contributed by atoms with van der Waals surface area (Å²) >= 11 is 0. The minimum atomic E-state index is -0.334. The number of rotatable bonds is 6. The maximum atomic E-state index is 11.8. The summed E-state index contributed by atoms with van der Waals surface area (Å²) in [6.07, 6.45) is 2.26. The van der Waals surface area contributed by atoms with Crippen molar-refractivity contribution in [2.24, 2.45) is 10.9 Å². The van der Waals surface area contributed by atoms with Crippen molar-refractivity contribution < 1.29 is 14.3 Å². The molecule has 1 aliphatic heterocycles. The van der Waals surface area contributed by atoms with E-state index in [1.54, 1.807) is 12.3 Å². The highest BCUT2D eigenvalue weighted by Gasteiger charge is 2.31. The zero-order valence-electron chi connectivity index (χ0n) is 12.1. The fraction of sp³-hybridized carbons (Fsp3) is 0.312. The summed E-state index contributed by atoms with van der Waals surface area (Å²) in [6, 6.07) is 11.6. The largest absolute Gasteiger partial charge is 0.465 e. The predicted molar refractivity (Wildman–Crippen MR) is 80.8 cm³/mol. The van der Waals surface area contributed by atoms with Crippen LogP contribution in [0, 0.1) is 5.92 Å². The van der Waals surface area contributed by atoms with Gasteiger partial charge in [-0.25, -0.2) is 4.99 Å². The van der Waals surface area contributed by atoms with Crippen LogP contribution in [-0.4, -0.2) is 35.1 Å². The summed E-state index contributed by atoms with van der Waals surface area (Å²) in [5.74, 6) is 0.0404. The number of ether oxygens (including phenoxy) is 2. The first-order valence-electron chi connectivity index (χ1n) is 7.18. The number of hydrogen-bond donors (Lipinski definition) is 1. The van der Waals surface area contributed by atoms with Crippen molar-refractivity contribution in [1.82, 2.24) is 10.2 Å². The molecule has 114 valence electrons. The molecule has 1 aromatic carbocycles. The number of aromatic nitrogens is 2. The molecule has 1 fully saturated rings. The highest BCUT2D eigenvalue weighted by Crippen LogP contribution is 2.19. The van der Waals surface area contributed by atoms with E-state index in [-0.39, 0.29) is 18.5 Å². The van der Waals surface area contributed by atoms with Crippen LogP contribution in [0.5, 0.6) is 0 Å². The Kier molecular flexibility index (Phi) is 4.60. The van der Waals surface area contributed by atoms with E-state index in [0.717, 1.165) is 5.56 Å². The second-order valence-electron chi connectivity index (χ2n) is 5.03. The number of nitrogens with zero attached hydrogens (tertiary/aromatic N) is 2. The molecule has 22 heavy (non-hydrogen) atoms. The molecule has 2 aromatic rings. The highest BCUT2D eigenvalue weighted by atomic mass is 16.5. The van der Waals surface area contributed by atoms with E-state index in [1.807, 2.05) is 30.3 Å². The third-order valence-corrected chi connectivity index (χ3v) is 3.45. The molecule has 1 N–H and O–H groups in total. The molecule has 0 radical (unpaired) electrons. The molecule has 1 unspecified atom stereocenters. The zero-order valence-corrected chi connectivity index (χ0v) is 12.1. The van der Waals surface area contributed by atoms with Crippen LogP contribution in [0.1, 0.15) is 12.0 Å². The van der Waals surface area contributed by atoms with Gasteiger partial charge in [0.1, 0.15) is 11.7 Å². The van der Waals surface area contributed by atoms with Crippen LogP contribution < -0.4 is 0 Å². The van der Waals surface area contributed by atoms with E-state index < -0.39 is 0 Å². The molecular weight excluding hydrogens is 282 g/mol. The molecule has 2 heterocycles. The summed E-state index contributed by atoms with van der Waals surface area (Å²) in [4.78, 5) is 16.2. The average molecular weight is 299 g/mol. The van der Waals surface area contributed by atoms with Gasteiger partial charge in [0.15, 0.2) is 0 Å². The van der Waals surface area contributed by atoms with Crippen molar-refractivity contribution in [3.05, 3.63) is 48.2 Å². The lowest BCUT2D eigenvalue weighted by atomic mass is 10.0. The summed E-state index contributed by atoms with van der Waals surface area (Å²) in [5, 5.41) is 6.63. The number of aliphatic imine (C=N–C) groups is 1. The molecule has 1 aromatic heterocycles. The maximum absolute atomic E-state index is 11.8. The molecule has 0 spiro atoms. The number of nitrogens with one attached hydrogen (secondary N) is 1. The molecule has 0 bridgehead atoms. The third-order valence-electron chi connectivity index (χ3n) is 3.45. The Labute approximate surface area is 128 Å². The second-order valence-corrected chi connectivity index (χ2v) is 5.03. The van der Waals surface area contributed by atoms with Crippen molar-refractivity contribution in [2.75, 3.05) is 13.2 Å². The average Bonchev–Trinajstić information content (AvgIpc) is 3.19. The van der Waals surface area contributed by atoms with Crippen LogP contribution >= 0.6 is 0 Å². The van der Waals surface area contributed by atoms with Crippen LogP contribution in [0.3, 0.4) is 0 Å². The topological polar surface area (TPSA) is 76.6 Å². The summed E-state index contributed by atoms with van der Waals surface area (Å²) in [6.45, 7) is 1.20. The normalized spacial score (nSPS) is 18.5. The number of benzene rings is 1.